The van der Waals surface area contributed by atoms with Gasteiger partial charge in [0, 0.05) is 12.6 Å². The highest BCUT2D eigenvalue weighted by molar-refractivity contribution is 5.82. The average Bonchev–Trinajstić information content (AvgIpc) is 3.11. The summed E-state index contributed by atoms with van der Waals surface area (Å²) in [5.74, 6) is -2.89. The fourth-order valence-corrected chi connectivity index (χ4v) is 1.79. The van der Waals surface area contributed by atoms with Crippen LogP contribution in [0.5, 0.6) is 0 Å². The van der Waals surface area contributed by atoms with Gasteiger partial charge in [0.25, 0.3) is 0 Å². The highest BCUT2D eigenvalue weighted by Crippen LogP contribution is 2.45. The highest BCUT2D eigenvalue weighted by atomic mass is 19.1. The summed E-state index contributed by atoms with van der Waals surface area (Å²) in [4.78, 5) is 22.5. The SMILES string of the molecule is O=C(Cc1ccc(F)cc1F)NCC1(C(=O)O)CC1. The molecule has 0 radical (unpaired) electrons. The highest BCUT2D eigenvalue weighted by Gasteiger charge is 2.50. The number of carbonyl (C=O) groups excluding carboxylic acids is 1. The van der Waals surface area contributed by atoms with Gasteiger partial charge in [0.05, 0.1) is 11.8 Å². The third-order valence-electron chi connectivity index (χ3n) is 3.30. The number of carboxylic acid groups (broad SMARTS) is 1. The van der Waals surface area contributed by atoms with Crippen LogP contribution in [0.4, 0.5) is 8.78 Å². The lowest BCUT2D eigenvalue weighted by Gasteiger charge is -2.11. The second kappa shape index (κ2) is 4.95. The van der Waals surface area contributed by atoms with Crippen LogP contribution >= 0.6 is 0 Å². The molecule has 0 aliphatic heterocycles. The predicted molar refractivity (Wildman–Crippen MR) is 62.4 cm³/mol. The zero-order chi connectivity index (χ0) is 14.0. The van der Waals surface area contributed by atoms with E-state index in [-0.39, 0.29) is 18.5 Å². The van der Waals surface area contributed by atoms with Gasteiger partial charge in [-0.15, -0.1) is 0 Å². The summed E-state index contributed by atoms with van der Waals surface area (Å²) in [6.07, 6.45) is 0.836. The molecule has 2 rings (SSSR count). The fraction of sp³-hybridized carbons (Fsp3) is 0.385. The first-order valence-corrected chi connectivity index (χ1v) is 5.87. The molecule has 0 unspecified atom stereocenters. The number of amides is 1. The largest absolute Gasteiger partial charge is 0.481 e. The molecule has 0 saturated heterocycles. The smallest absolute Gasteiger partial charge is 0.311 e. The summed E-state index contributed by atoms with van der Waals surface area (Å²) in [6, 6.07) is 2.99. The minimum absolute atomic E-state index is 0.0456. The maximum absolute atomic E-state index is 13.3. The predicted octanol–water partition coefficient (Wildman–Crippen LogP) is 1.49. The van der Waals surface area contributed by atoms with Gasteiger partial charge >= 0.3 is 5.97 Å². The number of hydrogen-bond acceptors (Lipinski definition) is 2. The Bertz CT molecular complexity index is 527. The van der Waals surface area contributed by atoms with Crippen LogP contribution < -0.4 is 5.32 Å². The molecule has 1 aliphatic carbocycles. The molecule has 19 heavy (non-hydrogen) atoms. The third-order valence-corrected chi connectivity index (χ3v) is 3.30. The number of nitrogens with one attached hydrogen (secondary N) is 1. The molecule has 1 amide bonds. The van der Waals surface area contributed by atoms with Gasteiger partial charge in [0.2, 0.25) is 5.91 Å². The number of hydrogen-bond donors (Lipinski definition) is 2. The van der Waals surface area contributed by atoms with Crippen molar-refractivity contribution in [3.05, 3.63) is 35.4 Å². The summed E-state index contributed by atoms with van der Waals surface area (Å²) in [5.41, 5.74) is -0.768. The zero-order valence-electron chi connectivity index (χ0n) is 10.1. The van der Waals surface area contributed by atoms with E-state index in [1.54, 1.807) is 0 Å². The van der Waals surface area contributed by atoms with Crippen LogP contribution in [0.1, 0.15) is 18.4 Å². The summed E-state index contributed by atoms with van der Waals surface area (Å²) in [7, 11) is 0. The Morgan fingerprint density at radius 1 is 1.32 bits per heavy atom. The van der Waals surface area contributed by atoms with E-state index in [9.17, 15) is 18.4 Å². The molecule has 0 spiro atoms. The molecule has 1 aromatic carbocycles. The number of carboxylic acids is 1. The summed E-state index contributed by atoms with van der Waals surface area (Å²) in [5, 5.41) is 11.4. The quantitative estimate of drug-likeness (QED) is 0.851. The third kappa shape index (κ3) is 3.07. The second-order valence-corrected chi connectivity index (χ2v) is 4.77. The molecule has 0 atom stereocenters. The van der Waals surface area contributed by atoms with E-state index in [0.29, 0.717) is 18.9 Å². The molecule has 1 aromatic rings. The van der Waals surface area contributed by atoms with Crippen LogP contribution in [-0.2, 0) is 16.0 Å². The number of benzene rings is 1. The molecule has 0 bridgehead atoms. The van der Waals surface area contributed by atoms with Crippen LogP contribution in [0, 0.1) is 17.0 Å². The summed E-state index contributed by atoms with van der Waals surface area (Å²) in [6.45, 7) is 0.0456. The molecule has 0 heterocycles. The van der Waals surface area contributed by atoms with E-state index in [2.05, 4.69) is 5.32 Å². The second-order valence-electron chi connectivity index (χ2n) is 4.77. The maximum atomic E-state index is 13.3. The first-order valence-electron chi connectivity index (χ1n) is 5.87. The molecular weight excluding hydrogens is 256 g/mol. The lowest BCUT2D eigenvalue weighted by Crippen LogP contribution is -2.35. The molecule has 1 saturated carbocycles. The van der Waals surface area contributed by atoms with E-state index in [4.69, 9.17) is 5.11 Å². The van der Waals surface area contributed by atoms with Gasteiger partial charge in [-0.1, -0.05) is 6.07 Å². The van der Waals surface area contributed by atoms with Gasteiger partial charge < -0.3 is 10.4 Å². The van der Waals surface area contributed by atoms with Gasteiger partial charge in [-0.2, -0.15) is 0 Å². The molecule has 2 N–H and O–H groups in total. The van der Waals surface area contributed by atoms with E-state index in [1.165, 1.54) is 6.07 Å². The molecule has 1 aliphatic rings. The van der Waals surface area contributed by atoms with E-state index < -0.39 is 28.9 Å². The molecule has 4 nitrogen and oxygen atoms in total. The van der Waals surface area contributed by atoms with Crippen molar-refractivity contribution in [1.82, 2.24) is 5.32 Å². The summed E-state index contributed by atoms with van der Waals surface area (Å²) < 4.78 is 26.0. The Kier molecular flexibility index (Phi) is 3.50. The van der Waals surface area contributed by atoms with E-state index in [0.717, 1.165) is 6.07 Å². The molecule has 1 fully saturated rings. The van der Waals surface area contributed by atoms with Gasteiger partial charge in [-0.25, -0.2) is 8.78 Å². The van der Waals surface area contributed by atoms with Gasteiger partial charge in [0.15, 0.2) is 0 Å². The fourth-order valence-electron chi connectivity index (χ4n) is 1.79. The maximum Gasteiger partial charge on any atom is 0.311 e. The van der Waals surface area contributed by atoms with Crippen LogP contribution in [0.25, 0.3) is 0 Å². The Morgan fingerprint density at radius 2 is 2.00 bits per heavy atom. The van der Waals surface area contributed by atoms with Crippen molar-refractivity contribution in [2.75, 3.05) is 6.54 Å². The van der Waals surface area contributed by atoms with E-state index >= 15 is 0 Å². The van der Waals surface area contributed by atoms with Crippen LogP contribution in [-0.4, -0.2) is 23.5 Å². The normalized spacial score (nSPS) is 15.9. The van der Waals surface area contributed by atoms with Crippen molar-refractivity contribution >= 4 is 11.9 Å². The first-order chi connectivity index (χ1) is 8.93. The Labute approximate surface area is 108 Å². The van der Waals surface area contributed by atoms with E-state index in [1.807, 2.05) is 0 Å². The van der Waals surface area contributed by atoms with Crippen molar-refractivity contribution in [3.8, 4) is 0 Å². The zero-order valence-corrected chi connectivity index (χ0v) is 10.1. The Hall–Kier alpha value is -1.98. The van der Waals surface area contributed by atoms with Crippen molar-refractivity contribution in [1.29, 1.82) is 0 Å². The van der Waals surface area contributed by atoms with Crippen molar-refractivity contribution < 1.29 is 23.5 Å². The average molecular weight is 269 g/mol. The van der Waals surface area contributed by atoms with Gasteiger partial charge in [0.1, 0.15) is 11.6 Å². The van der Waals surface area contributed by atoms with Crippen LogP contribution in [0.3, 0.4) is 0 Å². The van der Waals surface area contributed by atoms with Crippen LogP contribution in [0.2, 0.25) is 0 Å². The van der Waals surface area contributed by atoms with Crippen molar-refractivity contribution in [2.24, 2.45) is 5.41 Å². The standard InChI is InChI=1S/C13H13F2NO3/c14-9-2-1-8(10(15)6-9)5-11(17)16-7-13(3-4-13)12(18)19/h1-2,6H,3-5,7H2,(H,16,17)(H,18,19). The minimum Gasteiger partial charge on any atom is -0.481 e. The molecule has 0 aromatic heterocycles. The monoisotopic (exact) mass is 269 g/mol. The topological polar surface area (TPSA) is 66.4 Å². The van der Waals surface area contributed by atoms with Crippen molar-refractivity contribution in [2.45, 2.75) is 19.3 Å². The molecule has 6 heteroatoms. The minimum atomic E-state index is -0.930. The Balaban J connectivity index is 1.89. The number of rotatable bonds is 5. The molecule has 102 valence electrons. The molecular formula is C13H13F2NO3. The summed E-state index contributed by atoms with van der Waals surface area (Å²) >= 11 is 0. The lowest BCUT2D eigenvalue weighted by molar-refractivity contribution is -0.143. The Morgan fingerprint density at radius 3 is 2.53 bits per heavy atom. The number of halogens is 2. The first kappa shape index (κ1) is 13.5. The van der Waals surface area contributed by atoms with Crippen molar-refractivity contribution in [3.63, 3.8) is 0 Å². The number of aliphatic carboxylic acids is 1. The van der Waals surface area contributed by atoms with Crippen LogP contribution in [0.15, 0.2) is 18.2 Å². The van der Waals surface area contributed by atoms with Gasteiger partial charge in [-0.3, -0.25) is 9.59 Å². The lowest BCUT2D eigenvalue weighted by atomic mass is 10.1. The van der Waals surface area contributed by atoms with Gasteiger partial charge in [-0.05, 0) is 24.5 Å². The number of carbonyl (C=O) groups is 2.